The minimum Gasteiger partial charge on any atom is -0.350 e. The monoisotopic (exact) mass is 387 g/mol. The number of rotatable bonds is 4. The number of halogens is 1. The summed E-state index contributed by atoms with van der Waals surface area (Å²) in [7, 11) is 0. The topological polar surface area (TPSA) is 45.2 Å². The Kier molecular flexibility index (Phi) is 4.86. The van der Waals surface area contributed by atoms with E-state index in [1.165, 1.54) is 23.3 Å². The van der Waals surface area contributed by atoms with Gasteiger partial charge >= 0.3 is 0 Å². The maximum atomic E-state index is 12.7. The third-order valence-electron chi connectivity index (χ3n) is 5.20. The number of fused-ring (bicyclic) bond motifs is 3. The Labute approximate surface area is 162 Å². The number of amides is 1. The van der Waals surface area contributed by atoms with Crippen LogP contribution in [0.15, 0.2) is 24.3 Å². The van der Waals surface area contributed by atoms with Crippen molar-refractivity contribution in [2.24, 2.45) is 0 Å². The van der Waals surface area contributed by atoms with Gasteiger partial charge in [0.25, 0.3) is 5.91 Å². The minimum atomic E-state index is -0.0222. The third kappa shape index (κ3) is 3.20. The fraction of sp³-hybridized carbons (Fsp3) is 0.400. The fourth-order valence-corrected chi connectivity index (χ4v) is 5.19. The predicted octanol–water partition coefficient (Wildman–Crippen LogP) is 4.63. The van der Waals surface area contributed by atoms with E-state index in [0.717, 1.165) is 40.5 Å². The van der Waals surface area contributed by atoms with Gasteiger partial charge in [0.05, 0.1) is 10.4 Å². The molecule has 136 valence electrons. The van der Waals surface area contributed by atoms with Crippen LogP contribution in [-0.4, -0.2) is 41.5 Å². The van der Waals surface area contributed by atoms with Crippen LogP contribution in [0.25, 0.3) is 21.0 Å². The molecule has 2 aromatic heterocycles. The molecule has 0 aliphatic carbocycles. The number of hydrogen-bond donors (Lipinski definition) is 1. The highest BCUT2D eigenvalue weighted by atomic mass is 35.5. The zero-order chi connectivity index (χ0) is 18.3. The highest BCUT2D eigenvalue weighted by molar-refractivity contribution is 7.21. The first-order chi connectivity index (χ1) is 12.6. The third-order valence-corrected chi connectivity index (χ3v) is 6.65. The number of nitrogens with one attached hydrogen (secondary N) is 1. The van der Waals surface area contributed by atoms with E-state index in [-0.39, 0.29) is 5.91 Å². The van der Waals surface area contributed by atoms with Gasteiger partial charge in [0.1, 0.15) is 5.15 Å². The highest BCUT2D eigenvalue weighted by Crippen LogP contribution is 2.36. The first-order valence-electron chi connectivity index (χ1n) is 9.08. The molecule has 4 rings (SSSR count). The van der Waals surface area contributed by atoms with Crippen LogP contribution in [0, 0.1) is 6.92 Å². The number of aromatic nitrogens is 1. The summed E-state index contributed by atoms with van der Waals surface area (Å²) >= 11 is 7.87. The largest absolute Gasteiger partial charge is 0.350 e. The summed E-state index contributed by atoms with van der Waals surface area (Å²) in [5, 5.41) is 5.48. The number of likely N-dealkylation sites (tertiary alicyclic amines) is 1. The number of benzene rings is 1. The van der Waals surface area contributed by atoms with Gasteiger partial charge in [-0.25, -0.2) is 4.98 Å². The summed E-state index contributed by atoms with van der Waals surface area (Å²) < 4.78 is 1.03. The Bertz CT molecular complexity index is 984. The van der Waals surface area contributed by atoms with Gasteiger partial charge in [-0.1, -0.05) is 30.2 Å². The van der Waals surface area contributed by atoms with Gasteiger partial charge in [0, 0.05) is 28.1 Å². The molecule has 26 heavy (non-hydrogen) atoms. The summed E-state index contributed by atoms with van der Waals surface area (Å²) in [6.07, 6.45) is 2.37. The number of nitrogens with zero attached hydrogens (tertiary/aromatic N) is 2. The van der Waals surface area contributed by atoms with E-state index < -0.39 is 0 Å². The molecule has 1 N–H and O–H groups in total. The van der Waals surface area contributed by atoms with Gasteiger partial charge in [-0.15, -0.1) is 11.3 Å². The lowest BCUT2D eigenvalue weighted by Gasteiger charge is -2.22. The standard InChI is InChI=1S/C20H22ClN3OS/c1-3-24-8-4-5-13(24)11-22-20(25)17-10-15-18(26-17)14-9-12(2)6-7-16(14)23-19(15)21/h6-7,9-10,13H,3-5,8,11H2,1-2H3,(H,22,25)/t13-/m1/s1. The molecule has 1 aromatic carbocycles. The molecule has 0 bridgehead atoms. The van der Waals surface area contributed by atoms with Crippen molar-refractivity contribution >= 4 is 49.8 Å². The molecule has 1 aliphatic heterocycles. The predicted molar refractivity (Wildman–Crippen MR) is 109 cm³/mol. The second kappa shape index (κ2) is 7.14. The summed E-state index contributed by atoms with van der Waals surface area (Å²) in [5.74, 6) is -0.0222. The average molecular weight is 388 g/mol. The van der Waals surface area contributed by atoms with Crippen molar-refractivity contribution in [3.63, 3.8) is 0 Å². The average Bonchev–Trinajstić information content (AvgIpc) is 3.27. The molecule has 1 atom stereocenters. The van der Waals surface area contributed by atoms with Crippen molar-refractivity contribution in [1.82, 2.24) is 15.2 Å². The minimum absolute atomic E-state index is 0.0222. The van der Waals surface area contributed by atoms with Crippen LogP contribution < -0.4 is 5.32 Å². The van der Waals surface area contributed by atoms with Gasteiger partial charge in [0.15, 0.2) is 0 Å². The first-order valence-corrected chi connectivity index (χ1v) is 10.3. The quantitative estimate of drug-likeness (QED) is 0.664. The molecule has 0 spiro atoms. The Balaban J connectivity index is 1.62. The second-order valence-corrected chi connectivity index (χ2v) is 8.32. The molecule has 0 unspecified atom stereocenters. The maximum Gasteiger partial charge on any atom is 0.261 e. The summed E-state index contributed by atoms with van der Waals surface area (Å²) in [6.45, 7) is 7.10. The van der Waals surface area contributed by atoms with Crippen LogP contribution in [0.5, 0.6) is 0 Å². The lowest BCUT2D eigenvalue weighted by Crippen LogP contribution is -2.39. The smallest absolute Gasteiger partial charge is 0.261 e. The zero-order valence-electron chi connectivity index (χ0n) is 15.0. The number of hydrogen-bond acceptors (Lipinski definition) is 4. The lowest BCUT2D eigenvalue weighted by molar-refractivity contribution is 0.0945. The van der Waals surface area contributed by atoms with Gasteiger partial charge in [-0.3, -0.25) is 9.69 Å². The fourth-order valence-electron chi connectivity index (χ4n) is 3.79. The maximum absolute atomic E-state index is 12.7. The van der Waals surface area contributed by atoms with Gasteiger partial charge in [-0.2, -0.15) is 0 Å². The lowest BCUT2D eigenvalue weighted by atomic mass is 10.1. The van der Waals surface area contributed by atoms with E-state index >= 15 is 0 Å². The van der Waals surface area contributed by atoms with Crippen molar-refractivity contribution in [3.05, 3.63) is 39.9 Å². The Morgan fingerprint density at radius 2 is 2.23 bits per heavy atom. The van der Waals surface area contributed by atoms with Crippen molar-refractivity contribution in [1.29, 1.82) is 0 Å². The van der Waals surface area contributed by atoms with Crippen molar-refractivity contribution in [3.8, 4) is 0 Å². The molecular formula is C20H22ClN3OS. The van der Waals surface area contributed by atoms with Crippen molar-refractivity contribution in [2.45, 2.75) is 32.7 Å². The number of thiophene rings is 1. The van der Waals surface area contributed by atoms with E-state index in [0.29, 0.717) is 22.6 Å². The Hall–Kier alpha value is -1.69. The highest BCUT2D eigenvalue weighted by Gasteiger charge is 2.24. The molecule has 1 saturated heterocycles. The van der Waals surface area contributed by atoms with Gasteiger partial charge in [0.2, 0.25) is 0 Å². The molecule has 6 heteroatoms. The number of carbonyl (C=O) groups is 1. The Morgan fingerprint density at radius 1 is 1.38 bits per heavy atom. The van der Waals surface area contributed by atoms with Crippen molar-refractivity contribution in [2.75, 3.05) is 19.6 Å². The van der Waals surface area contributed by atoms with Crippen LogP contribution in [0.1, 0.15) is 35.0 Å². The van der Waals surface area contributed by atoms with Crippen LogP contribution in [-0.2, 0) is 0 Å². The number of aryl methyl sites for hydroxylation is 1. The number of carbonyl (C=O) groups excluding carboxylic acids is 1. The number of pyridine rings is 1. The van der Waals surface area contributed by atoms with E-state index in [1.807, 2.05) is 18.2 Å². The SMILES string of the molecule is CCN1CCC[C@@H]1CNC(=O)c1cc2c(Cl)nc3ccc(C)cc3c2s1. The summed E-state index contributed by atoms with van der Waals surface area (Å²) in [5.41, 5.74) is 2.04. The molecule has 1 fully saturated rings. The molecule has 0 radical (unpaired) electrons. The van der Waals surface area contributed by atoms with E-state index in [2.05, 4.69) is 35.1 Å². The normalized spacial score (nSPS) is 18.0. The van der Waals surface area contributed by atoms with E-state index in [4.69, 9.17) is 11.6 Å². The van der Waals surface area contributed by atoms with Crippen LogP contribution in [0.4, 0.5) is 0 Å². The van der Waals surface area contributed by atoms with Crippen LogP contribution in [0.2, 0.25) is 5.15 Å². The number of likely N-dealkylation sites (N-methyl/N-ethyl adjacent to an activating group) is 1. The summed E-state index contributed by atoms with van der Waals surface area (Å²) in [6, 6.07) is 8.44. The van der Waals surface area contributed by atoms with Crippen LogP contribution in [0.3, 0.4) is 0 Å². The zero-order valence-corrected chi connectivity index (χ0v) is 16.6. The molecule has 1 amide bonds. The Morgan fingerprint density at radius 3 is 3.04 bits per heavy atom. The molecule has 0 saturated carbocycles. The molecule has 4 nitrogen and oxygen atoms in total. The van der Waals surface area contributed by atoms with Gasteiger partial charge < -0.3 is 5.32 Å². The van der Waals surface area contributed by atoms with E-state index in [9.17, 15) is 4.79 Å². The first kappa shape index (κ1) is 17.7. The molecular weight excluding hydrogens is 366 g/mol. The molecule has 3 aromatic rings. The van der Waals surface area contributed by atoms with Crippen molar-refractivity contribution < 1.29 is 4.79 Å². The van der Waals surface area contributed by atoms with Gasteiger partial charge in [-0.05, 0) is 51.1 Å². The van der Waals surface area contributed by atoms with Crippen LogP contribution >= 0.6 is 22.9 Å². The van der Waals surface area contributed by atoms with E-state index in [1.54, 1.807) is 0 Å². The second-order valence-electron chi connectivity index (χ2n) is 6.91. The molecule has 1 aliphatic rings. The molecule has 3 heterocycles. The summed E-state index contributed by atoms with van der Waals surface area (Å²) in [4.78, 5) is 20.3.